The molecule has 9 heteroatoms. The van der Waals surface area contributed by atoms with Gasteiger partial charge in [0.2, 0.25) is 5.91 Å². The van der Waals surface area contributed by atoms with Crippen molar-refractivity contribution >= 4 is 21.4 Å². The largest absolute Gasteiger partial charge is 0.370 e. The van der Waals surface area contributed by atoms with Crippen LogP contribution in [-0.2, 0) is 21.2 Å². The van der Waals surface area contributed by atoms with Crippen molar-refractivity contribution in [3.05, 3.63) is 34.1 Å². The number of hydrogen-bond acceptors (Lipinski definition) is 6. The first-order valence-electron chi connectivity index (χ1n) is 7.45. The molecule has 1 N–H and O–H groups in total. The lowest BCUT2D eigenvalue weighted by molar-refractivity contribution is -0.122. The average molecular weight is 338 g/mol. The van der Waals surface area contributed by atoms with Crippen LogP contribution in [0.4, 0.5) is 5.69 Å². The Morgan fingerprint density at radius 2 is 2.09 bits per heavy atom. The van der Waals surface area contributed by atoms with Crippen molar-refractivity contribution in [1.82, 2.24) is 15.1 Å². The molecule has 2 aliphatic rings. The predicted molar refractivity (Wildman–Crippen MR) is 84.8 cm³/mol. The van der Waals surface area contributed by atoms with E-state index < -0.39 is 21.8 Å². The van der Waals surface area contributed by atoms with E-state index in [2.05, 4.69) is 15.3 Å². The maximum atomic E-state index is 12.1. The second-order valence-corrected chi connectivity index (χ2v) is 7.67. The van der Waals surface area contributed by atoms with E-state index in [1.54, 1.807) is 6.20 Å². The Balaban J connectivity index is 1.62. The van der Waals surface area contributed by atoms with Gasteiger partial charge in [0, 0.05) is 24.6 Å². The average Bonchev–Trinajstić information content (AvgIpc) is 3.11. The Bertz CT molecular complexity index is 793. The normalized spacial score (nSPS) is 22.4. The Morgan fingerprint density at radius 3 is 2.70 bits per heavy atom. The van der Waals surface area contributed by atoms with Crippen LogP contribution in [0.15, 0.2) is 28.5 Å². The second-order valence-electron chi connectivity index (χ2n) is 5.74. The fraction of sp³-hybridized carbons (Fsp3) is 0.500. The van der Waals surface area contributed by atoms with Crippen molar-refractivity contribution in [2.45, 2.75) is 25.4 Å². The number of aromatic nitrogens is 2. The van der Waals surface area contributed by atoms with Gasteiger partial charge in [0.05, 0.1) is 23.7 Å². The fourth-order valence-electron chi connectivity index (χ4n) is 2.75. The summed E-state index contributed by atoms with van der Waals surface area (Å²) < 4.78 is 23.6. The molecule has 1 aromatic rings. The highest BCUT2D eigenvalue weighted by Crippen LogP contribution is 2.16. The lowest BCUT2D eigenvalue weighted by atomic mass is 10.3. The summed E-state index contributed by atoms with van der Waals surface area (Å²) in [5.74, 6) is -0.588. The number of carbonyl (C=O) groups excluding carboxylic acids is 1. The van der Waals surface area contributed by atoms with Gasteiger partial charge in [-0.15, -0.1) is 0 Å². The lowest BCUT2D eigenvalue weighted by Gasteiger charge is -2.17. The molecule has 1 saturated heterocycles. The first-order chi connectivity index (χ1) is 10.9. The summed E-state index contributed by atoms with van der Waals surface area (Å²) in [5.41, 5.74) is 0.424. The third kappa shape index (κ3) is 3.79. The summed E-state index contributed by atoms with van der Waals surface area (Å²) in [4.78, 5) is 26.1. The highest BCUT2D eigenvalue weighted by molar-refractivity contribution is 7.94. The maximum absolute atomic E-state index is 12.1. The van der Waals surface area contributed by atoms with Crippen molar-refractivity contribution < 1.29 is 13.2 Å². The summed E-state index contributed by atoms with van der Waals surface area (Å²) in [6.07, 6.45) is 5.21. The zero-order valence-corrected chi connectivity index (χ0v) is 13.3. The zero-order valence-electron chi connectivity index (χ0n) is 12.5. The van der Waals surface area contributed by atoms with Crippen LogP contribution in [0.25, 0.3) is 0 Å². The van der Waals surface area contributed by atoms with Crippen molar-refractivity contribution in [3.8, 4) is 0 Å². The third-order valence-electron chi connectivity index (χ3n) is 3.90. The van der Waals surface area contributed by atoms with Crippen LogP contribution < -0.4 is 15.8 Å². The number of anilines is 1. The van der Waals surface area contributed by atoms with E-state index in [1.807, 2.05) is 0 Å². The molecule has 0 aromatic carbocycles. The summed E-state index contributed by atoms with van der Waals surface area (Å²) in [6, 6.07) is 0.929. The van der Waals surface area contributed by atoms with Gasteiger partial charge in [-0.25, -0.2) is 13.1 Å². The van der Waals surface area contributed by atoms with Crippen LogP contribution in [0.5, 0.6) is 0 Å². The number of rotatable bonds is 4. The Kier molecular flexibility index (Phi) is 4.20. The van der Waals surface area contributed by atoms with Gasteiger partial charge in [-0.1, -0.05) is 0 Å². The molecule has 1 aromatic heterocycles. The monoisotopic (exact) mass is 338 g/mol. The first kappa shape index (κ1) is 15.7. The molecule has 8 nitrogen and oxygen atoms in total. The van der Waals surface area contributed by atoms with E-state index in [4.69, 9.17) is 0 Å². The molecule has 1 fully saturated rings. The molecule has 0 unspecified atom stereocenters. The van der Waals surface area contributed by atoms with Crippen LogP contribution in [0, 0.1) is 0 Å². The van der Waals surface area contributed by atoms with Crippen LogP contribution >= 0.6 is 0 Å². The van der Waals surface area contributed by atoms with E-state index in [-0.39, 0.29) is 17.9 Å². The van der Waals surface area contributed by atoms with Gasteiger partial charge in [0.1, 0.15) is 6.54 Å². The van der Waals surface area contributed by atoms with E-state index >= 15 is 0 Å². The number of nitrogens with one attached hydrogen (secondary N) is 1. The highest BCUT2D eigenvalue weighted by atomic mass is 32.2. The van der Waals surface area contributed by atoms with Gasteiger partial charge in [0.25, 0.3) is 5.56 Å². The van der Waals surface area contributed by atoms with Gasteiger partial charge in [-0.3, -0.25) is 9.59 Å². The molecule has 0 radical (unpaired) electrons. The van der Waals surface area contributed by atoms with Crippen molar-refractivity contribution in [3.63, 3.8) is 0 Å². The van der Waals surface area contributed by atoms with E-state index in [0.717, 1.165) is 41.7 Å². The molecule has 1 amide bonds. The van der Waals surface area contributed by atoms with E-state index in [0.29, 0.717) is 0 Å². The summed E-state index contributed by atoms with van der Waals surface area (Å²) in [7, 11) is -3.22. The second kappa shape index (κ2) is 6.15. The Hall–Kier alpha value is -2.16. The van der Waals surface area contributed by atoms with E-state index in [9.17, 15) is 18.0 Å². The van der Waals surface area contributed by atoms with Crippen LogP contribution in [0.2, 0.25) is 0 Å². The SMILES string of the molecule is O=C(Cn1ncc(N2CCCC2)cc1=O)N[C@H]1C=CS(=O)(=O)C1. The maximum Gasteiger partial charge on any atom is 0.269 e. The van der Waals surface area contributed by atoms with Gasteiger partial charge >= 0.3 is 0 Å². The third-order valence-corrected chi connectivity index (χ3v) is 5.29. The molecule has 1 atom stereocenters. The first-order valence-corrected chi connectivity index (χ1v) is 9.17. The Labute approximate surface area is 133 Å². The molecule has 0 bridgehead atoms. The standard InChI is InChI=1S/C14H18N4O4S/c19-13(16-11-3-6-23(21,22)10-11)9-18-14(20)7-12(8-15-18)17-4-1-2-5-17/h3,6-8,11H,1-2,4-5,9-10H2,(H,16,19)/t11-/m0/s1. The smallest absolute Gasteiger partial charge is 0.269 e. The number of carbonyl (C=O) groups is 1. The van der Waals surface area contributed by atoms with Gasteiger partial charge in [-0.05, 0) is 18.9 Å². The zero-order chi connectivity index (χ0) is 16.4. The van der Waals surface area contributed by atoms with Crippen molar-refractivity contribution in [1.29, 1.82) is 0 Å². The van der Waals surface area contributed by atoms with Gasteiger partial charge in [-0.2, -0.15) is 5.10 Å². The predicted octanol–water partition coefficient (Wildman–Crippen LogP) is -0.730. The van der Waals surface area contributed by atoms with Gasteiger partial charge < -0.3 is 10.2 Å². The van der Waals surface area contributed by atoms with Crippen molar-refractivity contribution in [2.75, 3.05) is 23.7 Å². The molecule has 0 aliphatic carbocycles. The summed E-state index contributed by atoms with van der Waals surface area (Å²) in [5, 5.41) is 7.69. The van der Waals surface area contributed by atoms with Crippen molar-refractivity contribution in [2.24, 2.45) is 0 Å². The molecule has 2 aliphatic heterocycles. The highest BCUT2D eigenvalue weighted by Gasteiger charge is 2.23. The lowest BCUT2D eigenvalue weighted by Crippen LogP contribution is -2.40. The molecule has 3 heterocycles. The van der Waals surface area contributed by atoms with E-state index in [1.165, 1.54) is 12.1 Å². The quantitative estimate of drug-likeness (QED) is 0.777. The van der Waals surface area contributed by atoms with Crippen LogP contribution in [0.3, 0.4) is 0 Å². The molecular formula is C14H18N4O4S. The minimum atomic E-state index is -3.22. The topological polar surface area (TPSA) is 101 Å². The molecule has 124 valence electrons. The number of nitrogens with zero attached hydrogens (tertiary/aromatic N) is 3. The fourth-order valence-corrected chi connectivity index (χ4v) is 3.98. The van der Waals surface area contributed by atoms with Crippen LogP contribution in [0.1, 0.15) is 12.8 Å². The number of hydrogen-bond donors (Lipinski definition) is 1. The number of sulfone groups is 1. The minimum absolute atomic E-state index is 0.144. The molecule has 23 heavy (non-hydrogen) atoms. The molecule has 3 rings (SSSR count). The molecule has 0 saturated carbocycles. The summed E-state index contributed by atoms with van der Waals surface area (Å²) in [6.45, 7) is 1.59. The minimum Gasteiger partial charge on any atom is -0.370 e. The summed E-state index contributed by atoms with van der Waals surface area (Å²) >= 11 is 0. The molecular weight excluding hydrogens is 320 g/mol. The number of amides is 1. The Morgan fingerprint density at radius 1 is 1.35 bits per heavy atom. The molecule has 0 spiro atoms. The van der Waals surface area contributed by atoms with Crippen LogP contribution in [-0.4, -0.2) is 49.0 Å². The van der Waals surface area contributed by atoms with Gasteiger partial charge in [0.15, 0.2) is 9.84 Å².